The van der Waals surface area contributed by atoms with E-state index in [2.05, 4.69) is 21.7 Å². The van der Waals surface area contributed by atoms with Crippen LogP contribution in [0.4, 0.5) is 0 Å². The summed E-state index contributed by atoms with van der Waals surface area (Å²) in [5.41, 5.74) is 8.64. The Bertz CT molecular complexity index is 407. The molecule has 1 atom stereocenters. The summed E-state index contributed by atoms with van der Waals surface area (Å²) < 4.78 is 4.60. The molecule has 0 heterocycles. The topological polar surface area (TPSA) is 92.1 Å². The van der Waals surface area contributed by atoms with E-state index in [0.29, 0.717) is 25.7 Å². The van der Waals surface area contributed by atoms with E-state index in [1.165, 1.54) is 20.0 Å². The molecule has 0 rings (SSSR count). The Hall–Kier alpha value is -1.55. The number of esters is 1. The summed E-state index contributed by atoms with van der Waals surface area (Å²) >= 11 is 0. The second kappa shape index (κ2) is 17.3. The zero-order chi connectivity index (χ0) is 18.8. The van der Waals surface area contributed by atoms with Crippen molar-refractivity contribution in [2.24, 2.45) is 5.11 Å². The Kier molecular flexibility index (Phi) is 16.2. The number of carbonyl (C=O) groups is 2. The van der Waals surface area contributed by atoms with E-state index in [1.54, 1.807) is 0 Å². The van der Waals surface area contributed by atoms with Crippen LogP contribution in [0.1, 0.15) is 96.8 Å². The summed E-state index contributed by atoms with van der Waals surface area (Å²) in [6.45, 7) is 2.17. The van der Waals surface area contributed by atoms with Crippen LogP contribution in [-0.2, 0) is 14.3 Å². The van der Waals surface area contributed by atoms with Crippen molar-refractivity contribution in [3.05, 3.63) is 10.4 Å². The fourth-order valence-corrected chi connectivity index (χ4v) is 2.82. The molecule has 0 aromatic carbocycles. The van der Waals surface area contributed by atoms with E-state index in [4.69, 9.17) is 5.53 Å². The van der Waals surface area contributed by atoms with Gasteiger partial charge in [0.15, 0.2) is 0 Å². The second-order valence-corrected chi connectivity index (χ2v) is 6.63. The molecule has 6 heteroatoms. The Morgan fingerprint density at radius 3 is 2.20 bits per heavy atom. The highest BCUT2D eigenvalue weighted by molar-refractivity contribution is 5.78. The van der Waals surface area contributed by atoms with Crippen molar-refractivity contribution in [3.8, 4) is 0 Å². The molecule has 0 N–H and O–H groups in total. The van der Waals surface area contributed by atoms with Gasteiger partial charge >= 0.3 is 5.97 Å². The van der Waals surface area contributed by atoms with Crippen molar-refractivity contribution in [1.82, 2.24) is 0 Å². The SMILES string of the molecule is CCCCCCC(CCC(=O)CCCCCCCC(=O)OC)N=[N+]=[N-]. The molecule has 144 valence electrons. The minimum Gasteiger partial charge on any atom is -0.469 e. The molecule has 0 fully saturated rings. The van der Waals surface area contributed by atoms with Crippen LogP contribution in [0.2, 0.25) is 0 Å². The highest BCUT2D eigenvalue weighted by Gasteiger charge is 2.10. The van der Waals surface area contributed by atoms with E-state index in [9.17, 15) is 9.59 Å². The Labute approximate surface area is 152 Å². The van der Waals surface area contributed by atoms with Gasteiger partial charge < -0.3 is 4.74 Å². The minimum absolute atomic E-state index is 0.0378. The zero-order valence-electron chi connectivity index (χ0n) is 16.0. The second-order valence-electron chi connectivity index (χ2n) is 6.63. The number of methoxy groups -OCH3 is 1. The molecule has 0 saturated heterocycles. The van der Waals surface area contributed by atoms with Crippen molar-refractivity contribution >= 4 is 11.8 Å². The summed E-state index contributed by atoms with van der Waals surface area (Å²) in [7, 11) is 1.41. The highest BCUT2D eigenvalue weighted by Crippen LogP contribution is 2.15. The quantitative estimate of drug-likeness (QED) is 0.107. The minimum atomic E-state index is -0.153. The molecule has 0 aliphatic heterocycles. The normalized spacial score (nSPS) is 11.6. The first kappa shape index (κ1) is 23.4. The highest BCUT2D eigenvalue weighted by atomic mass is 16.5. The predicted octanol–water partition coefficient (Wildman–Crippen LogP) is 5.89. The molecular formula is C19H35N3O3. The summed E-state index contributed by atoms with van der Waals surface area (Å²) in [5, 5.41) is 3.84. The van der Waals surface area contributed by atoms with E-state index in [0.717, 1.165) is 51.4 Å². The fourth-order valence-electron chi connectivity index (χ4n) is 2.82. The van der Waals surface area contributed by atoms with Gasteiger partial charge in [-0.1, -0.05) is 57.0 Å². The van der Waals surface area contributed by atoms with Crippen LogP contribution in [0.25, 0.3) is 10.4 Å². The number of Topliss-reactive ketones (excluding diaryl/α,β-unsaturated/α-hetero) is 1. The van der Waals surface area contributed by atoms with Gasteiger partial charge in [-0.05, 0) is 31.2 Å². The number of hydrogen-bond acceptors (Lipinski definition) is 4. The molecule has 0 amide bonds. The van der Waals surface area contributed by atoms with Crippen LogP contribution in [0.15, 0.2) is 5.11 Å². The van der Waals surface area contributed by atoms with Crippen LogP contribution in [0, 0.1) is 0 Å². The number of nitrogens with zero attached hydrogens (tertiary/aromatic N) is 3. The van der Waals surface area contributed by atoms with Gasteiger partial charge in [0.2, 0.25) is 0 Å². The first-order valence-electron chi connectivity index (χ1n) is 9.76. The van der Waals surface area contributed by atoms with Crippen molar-refractivity contribution in [2.75, 3.05) is 7.11 Å². The van der Waals surface area contributed by atoms with Gasteiger partial charge in [0.25, 0.3) is 0 Å². The average molecular weight is 354 g/mol. The molecule has 0 spiro atoms. The van der Waals surface area contributed by atoms with Crippen LogP contribution >= 0.6 is 0 Å². The monoisotopic (exact) mass is 353 g/mol. The van der Waals surface area contributed by atoms with Crippen LogP contribution < -0.4 is 0 Å². The third kappa shape index (κ3) is 15.7. The summed E-state index contributed by atoms with van der Waals surface area (Å²) in [6, 6.07) is -0.0378. The molecule has 0 aromatic heterocycles. The van der Waals surface area contributed by atoms with Crippen molar-refractivity contribution in [2.45, 2.75) is 103 Å². The summed E-state index contributed by atoms with van der Waals surface area (Å²) in [4.78, 5) is 25.8. The smallest absolute Gasteiger partial charge is 0.305 e. The van der Waals surface area contributed by atoms with Gasteiger partial charge in [-0.2, -0.15) is 0 Å². The van der Waals surface area contributed by atoms with Crippen molar-refractivity contribution in [3.63, 3.8) is 0 Å². The Morgan fingerprint density at radius 1 is 0.920 bits per heavy atom. The van der Waals surface area contributed by atoms with Gasteiger partial charge in [-0.15, -0.1) is 0 Å². The zero-order valence-corrected chi connectivity index (χ0v) is 16.0. The number of hydrogen-bond donors (Lipinski definition) is 0. The van der Waals surface area contributed by atoms with E-state index < -0.39 is 0 Å². The summed E-state index contributed by atoms with van der Waals surface area (Å²) in [6.07, 6.45) is 12.6. The Balaban J connectivity index is 3.68. The van der Waals surface area contributed by atoms with Crippen LogP contribution in [0.3, 0.4) is 0 Å². The molecular weight excluding hydrogens is 318 g/mol. The van der Waals surface area contributed by atoms with Crippen LogP contribution in [0.5, 0.6) is 0 Å². The molecule has 0 bridgehead atoms. The van der Waals surface area contributed by atoms with Gasteiger partial charge in [-0.25, -0.2) is 0 Å². The van der Waals surface area contributed by atoms with Crippen LogP contribution in [-0.4, -0.2) is 24.9 Å². The lowest BCUT2D eigenvalue weighted by Gasteiger charge is -2.10. The lowest BCUT2D eigenvalue weighted by molar-refractivity contribution is -0.140. The van der Waals surface area contributed by atoms with E-state index in [1.807, 2.05) is 0 Å². The lowest BCUT2D eigenvalue weighted by atomic mass is 10.00. The van der Waals surface area contributed by atoms with Crippen molar-refractivity contribution in [1.29, 1.82) is 0 Å². The lowest BCUT2D eigenvalue weighted by Crippen LogP contribution is -2.08. The molecule has 1 unspecified atom stereocenters. The maximum atomic E-state index is 11.9. The molecule has 0 aliphatic carbocycles. The van der Waals surface area contributed by atoms with E-state index >= 15 is 0 Å². The number of azide groups is 1. The van der Waals surface area contributed by atoms with Gasteiger partial charge in [0.1, 0.15) is 5.78 Å². The Morgan fingerprint density at radius 2 is 1.56 bits per heavy atom. The predicted molar refractivity (Wildman–Crippen MR) is 100 cm³/mol. The van der Waals surface area contributed by atoms with Gasteiger partial charge in [0.05, 0.1) is 7.11 Å². The number of rotatable bonds is 17. The number of unbranched alkanes of at least 4 members (excludes halogenated alkanes) is 7. The third-order valence-corrected chi connectivity index (χ3v) is 4.43. The average Bonchev–Trinajstić information content (AvgIpc) is 2.62. The third-order valence-electron chi connectivity index (χ3n) is 4.43. The molecule has 0 aliphatic rings. The first-order chi connectivity index (χ1) is 12.1. The first-order valence-corrected chi connectivity index (χ1v) is 9.76. The molecule has 0 aromatic rings. The number of ketones is 1. The molecule has 25 heavy (non-hydrogen) atoms. The molecule has 0 saturated carbocycles. The van der Waals surface area contributed by atoms with Gasteiger partial charge in [-0.3, -0.25) is 9.59 Å². The fraction of sp³-hybridized carbons (Fsp3) is 0.895. The summed E-state index contributed by atoms with van der Waals surface area (Å²) in [5.74, 6) is 0.112. The molecule has 0 radical (unpaired) electrons. The number of ether oxygens (including phenoxy) is 1. The maximum absolute atomic E-state index is 11.9. The molecule has 6 nitrogen and oxygen atoms in total. The largest absolute Gasteiger partial charge is 0.469 e. The number of carbonyl (C=O) groups excluding carboxylic acids is 2. The van der Waals surface area contributed by atoms with Crippen molar-refractivity contribution < 1.29 is 14.3 Å². The van der Waals surface area contributed by atoms with Gasteiger partial charge in [0, 0.05) is 30.2 Å². The standard InChI is InChI=1S/C19H35N3O3/c1-3-4-5-9-12-17(21-22-20)15-16-18(23)13-10-7-6-8-11-14-19(24)25-2/h17H,3-16H2,1-2H3. The maximum Gasteiger partial charge on any atom is 0.305 e. The van der Waals surface area contributed by atoms with E-state index in [-0.39, 0.29) is 17.8 Å².